The topological polar surface area (TPSA) is 55.4 Å². The maximum Gasteiger partial charge on any atom is 0.433 e. The molecule has 9 heteroatoms. The van der Waals surface area contributed by atoms with E-state index in [2.05, 4.69) is 14.9 Å². The van der Waals surface area contributed by atoms with Crippen molar-refractivity contribution in [2.45, 2.75) is 32.1 Å². The summed E-state index contributed by atoms with van der Waals surface area (Å²) in [6.07, 6.45) is 2.15. The summed E-state index contributed by atoms with van der Waals surface area (Å²) in [6.45, 7) is 2.88. The van der Waals surface area contributed by atoms with Crippen molar-refractivity contribution in [1.29, 1.82) is 0 Å². The molecule has 1 aliphatic heterocycles. The molecule has 0 atom stereocenters. The molecule has 1 fully saturated rings. The lowest BCUT2D eigenvalue weighted by Crippen LogP contribution is -2.36. The number of likely N-dealkylation sites (tertiary alicyclic amines) is 1. The molecule has 4 heterocycles. The van der Waals surface area contributed by atoms with E-state index in [-0.39, 0.29) is 5.92 Å². The van der Waals surface area contributed by atoms with E-state index in [1.165, 1.54) is 4.57 Å². The van der Waals surface area contributed by atoms with Crippen LogP contribution in [-0.2, 0) is 19.3 Å². The molecule has 0 N–H and O–H groups in total. The Bertz CT molecular complexity index is 985. The third-order valence-electron chi connectivity index (χ3n) is 5.13. The van der Waals surface area contributed by atoms with Crippen molar-refractivity contribution >= 4 is 5.65 Å². The van der Waals surface area contributed by atoms with Gasteiger partial charge in [0.25, 0.3) is 5.56 Å². The lowest BCUT2D eigenvalue weighted by molar-refractivity contribution is -0.141. The number of fused-ring (bicyclic) bond motifs is 1. The molecule has 0 amide bonds. The zero-order valence-electron chi connectivity index (χ0n) is 15.1. The summed E-state index contributed by atoms with van der Waals surface area (Å²) in [5, 5.41) is 0. The molecule has 0 aromatic carbocycles. The van der Waals surface area contributed by atoms with Crippen LogP contribution in [0.5, 0.6) is 0 Å². The van der Waals surface area contributed by atoms with Crippen molar-refractivity contribution in [3.05, 3.63) is 64.7 Å². The van der Waals surface area contributed by atoms with Crippen LogP contribution in [0.15, 0.2) is 47.8 Å². The molecule has 3 aromatic rings. The first-order chi connectivity index (χ1) is 13.4. The number of imidazole rings is 1. The number of nitrogens with zero attached hydrogens (tertiary/aromatic N) is 5. The summed E-state index contributed by atoms with van der Waals surface area (Å²) in [5.74, 6) is 0.244. The number of rotatable bonds is 4. The van der Waals surface area contributed by atoms with Crippen molar-refractivity contribution in [2.75, 3.05) is 13.1 Å². The molecule has 28 heavy (non-hydrogen) atoms. The van der Waals surface area contributed by atoms with E-state index in [0.29, 0.717) is 12.6 Å². The molecule has 0 aliphatic carbocycles. The molecule has 0 spiro atoms. The molecule has 0 unspecified atom stereocenters. The Morgan fingerprint density at radius 2 is 1.96 bits per heavy atom. The summed E-state index contributed by atoms with van der Waals surface area (Å²) in [7, 11) is 0. The molecule has 6 nitrogen and oxygen atoms in total. The molecule has 4 rings (SSSR count). The second kappa shape index (κ2) is 7.38. The van der Waals surface area contributed by atoms with Gasteiger partial charge in [0.15, 0.2) is 5.69 Å². The van der Waals surface area contributed by atoms with E-state index < -0.39 is 17.4 Å². The van der Waals surface area contributed by atoms with Gasteiger partial charge in [-0.05, 0) is 44.0 Å². The molecule has 0 saturated carbocycles. The number of aromatic nitrogens is 4. The van der Waals surface area contributed by atoms with Crippen LogP contribution in [0.4, 0.5) is 13.2 Å². The normalized spacial score (nSPS) is 16.7. The first-order valence-corrected chi connectivity index (χ1v) is 9.17. The maximum atomic E-state index is 12.6. The Kier molecular flexibility index (Phi) is 4.92. The lowest BCUT2D eigenvalue weighted by atomic mass is 9.96. The first-order valence-electron chi connectivity index (χ1n) is 9.17. The van der Waals surface area contributed by atoms with Gasteiger partial charge in [0.05, 0.1) is 12.0 Å². The highest BCUT2D eigenvalue weighted by molar-refractivity contribution is 5.39. The van der Waals surface area contributed by atoms with Crippen LogP contribution in [0.3, 0.4) is 0 Å². The van der Waals surface area contributed by atoms with E-state index in [0.717, 1.165) is 50.1 Å². The van der Waals surface area contributed by atoms with Crippen LogP contribution in [0.2, 0.25) is 0 Å². The van der Waals surface area contributed by atoms with Crippen molar-refractivity contribution in [3.8, 4) is 0 Å². The van der Waals surface area contributed by atoms with Crippen LogP contribution < -0.4 is 5.56 Å². The number of pyridine rings is 1. The van der Waals surface area contributed by atoms with Crippen LogP contribution in [0.25, 0.3) is 5.65 Å². The fourth-order valence-corrected chi connectivity index (χ4v) is 3.62. The molecular weight excluding hydrogens is 371 g/mol. The first kappa shape index (κ1) is 18.7. The summed E-state index contributed by atoms with van der Waals surface area (Å²) < 4.78 is 41.1. The second-order valence-corrected chi connectivity index (χ2v) is 7.18. The van der Waals surface area contributed by atoms with Gasteiger partial charge >= 0.3 is 6.18 Å². The predicted octanol–water partition coefficient (Wildman–Crippen LogP) is 2.82. The Morgan fingerprint density at radius 3 is 2.64 bits per heavy atom. The minimum Gasteiger partial charge on any atom is -0.307 e. The predicted molar refractivity (Wildman–Crippen MR) is 96.7 cm³/mol. The van der Waals surface area contributed by atoms with Crippen molar-refractivity contribution in [3.63, 3.8) is 0 Å². The van der Waals surface area contributed by atoms with Gasteiger partial charge in [0, 0.05) is 31.5 Å². The average molecular weight is 391 g/mol. The van der Waals surface area contributed by atoms with Crippen molar-refractivity contribution in [2.24, 2.45) is 5.92 Å². The van der Waals surface area contributed by atoms with Crippen LogP contribution in [-0.4, -0.2) is 36.9 Å². The van der Waals surface area contributed by atoms with Crippen LogP contribution in [0, 0.1) is 5.92 Å². The third-order valence-corrected chi connectivity index (χ3v) is 5.13. The van der Waals surface area contributed by atoms with Crippen LogP contribution >= 0.6 is 0 Å². The highest BCUT2D eigenvalue weighted by atomic mass is 19.4. The summed E-state index contributed by atoms with van der Waals surface area (Å²) in [6, 6.07) is 6.45. The standard InChI is InChI=1S/C19H20F3N5O/c20-19(21,22)16-9-18(28)27(13-23-16)10-14-4-7-25(8-5-14)11-15-12-26-6-2-1-3-17(26)24-15/h1-3,6,9,12-14H,4-5,7-8,10-11H2. The Labute approximate surface area is 159 Å². The van der Waals surface area contributed by atoms with Crippen LogP contribution in [0.1, 0.15) is 24.2 Å². The summed E-state index contributed by atoms with van der Waals surface area (Å²) >= 11 is 0. The Morgan fingerprint density at radius 1 is 1.18 bits per heavy atom. The number of hydrogen-bond acceptors (Lipinski definition) is 4. The monoisotopic (exact) mass is 391 g/mol. The lowest BCUT2D eigenvalue weighted by Gasteiger charge is -2.31. The number of halogens is 3. The van der Waals surface area contributed by atoms with E-state index in [9.17, 15) is 18.0 Å². The molecular formula is C19H20F3N5O. The van der Waals surface area contributed by atoms with Gasteiger partial charge in [-0.25, -0.2) is 9.97 Å². The zero-order valence-corrected chi connectivity index (χ0v) is 15.1. The van der Waals surface area contributed by atoms with Gasteiger partial charge in [0.2, 0.25) is 0 Å². The third kappa shape index (κ3) is 4.09. The second-order valence-electron chi connectivity index (χ2n) is 7.18. The Balaban J connectivity index is 1.33. The fourth-order valence-electron chi connectivity index (χ4n) is 3.62. The quantitative estimate of drug-likeness (QED) is 0.686. The van der Waals surface area contributed by atoms with Gasteiger partial charge in [-0.3, -0.25) is 14.3 Å². The van der Waals surface area contributed by atoms with Gasteiger partial charge < -0.3 is 4.40 Å². The van der Waals surface area contributed by atoms with Gasteiger partial charge in [-0.15, -0.1) is 0 Å². The molecule has 3 aromatic heterocycles. The van der Waals surface area contributed by atoms with Gasteiger partial charge in [-0.2, -0.15) is 13.2 Å². The highest BCUT2D eigenvalue weighted by Gasteiger charge is 2.33. The molecule has 0 radical (unpaired) electrons. The Hall–Kier alpha value is -2.68. The van der Waals surface area contributed by atoms with Gasteiger partial charge in [0.1, 0.15) is 5.65 Å². The maximum absolute atomic E-state index is 12.6. The molecule has 148 valence electrons. The number of piperidine rings is 1. The summed E-state index contributed by atoms with van der Waals surface area (Å²) in [5.41, 5.74) is 0.125. The van der Waals surface area contributed by atoms with E-state index in [4.69, 9.17) is 0 Å². The number of hydrogen-bond donors (Lipinski definition) is 0. The van der Waals surface area contributed by atoms with E-state index in [1.54, 1.807) is 0 Å². The number of alkyl halides is 3. The van der Waals surface area contributed by atoms with Crippen molar-refractivity contribution in [1.82, 2.24) is 23.8 Å². The van der Waals surface area contributed by atoms with E-state index in [1.807, 2.05) is 35.0 Å². The van der Waals surface area contributed by atoms with E-state index >= 15 is 0 Å². The summed E-state index contributed by atoms with van der Waals surface area (Å²) in [4.78, 5) is 22.3. The largest absolute Gasteiger partial charge is 0.433 e. The molecule has 0 bridgehead atoms. The van der Waals surface area contributed by atoms with Crippen molar-refractivity contribution < 1.29 is 13.2 Å². The molecule has 1 aliphatic rings. The fraction of sp³-hybridized carbons (Fsp3) is 0.421. The SMILES string of the molecule is O=c1cc(C(F)(F)F)ncn1CC1CCN(Cc2cn3ccccc3n2)CC1. The zero-order chi connectivity index (χ0) is 19.7. The average Bonchev–Trinajstić information content (AvgIpc) is 3.06. The minimum absolute atomic E-state index is 0.244. The van der Waals surface area contributed by atoms with Gasteiger partial charge in [-0.1, -0.05) is 6.07 Å². The smallest absolute Gasteiger partial charge is 0.307 e. The highest BCUT2D eigenvalue weighted by Crippen LogP contribution is 2.26. The molecule has 1 saturated heterocycles. The minimum atomic E-state index is -4.60.